The van der Waals surface area contributed by atoms with Crippen LogP contribution in [0.3, 0.4) is 0 Å². The van der Waals surface area contributed by atoms with E-state index in [4.69, 9.17) is 0 Å². The summed E-state index contributed by atoms with van der Waals surface area (Å²) in [5, 5.41) is 0. The molecule has 3 rings (SSSR count). The topological polar surface area (TPSA) is 0 Å². The zero-order valence-electron chi connectivity index (χ0n) is 12.4. The minimum atomic E-state index is 0.575. The van der Waals surface area contributed by atoms with Crippen LogP contribution in [0.25, 0.3) is 0 Å². The van der Waals surface area contributed by atoms with E-state index in [1.54, 1.807) is 0 Å². The quantitative estimate of drug-likeness (QED) is 0.526. The summed E-state index contributed by atoms with van der Waals surface area (Å²) in [6.45, 7) is 9.13. The highest BCUT2D eigenvalue weighted by molar-refractivity contribution is 8.05. The van der Waals surface area contributed by atoms with E-state index in [-0.39, 0.29) is 0 Å². The summed E-state index contributed by atoms with van der Waals surface area (Å²) in [5.41, 5.74) is 2.95. The van der Waals surface area contributed by atoms with Crippen LogP contribution in [0.4, 0.5) is 0 Å². The van der Waals surface area contributed by atoms with Crippen molar-refractivity contribution < 1.29 is 0 Å². The van der Waals surface area contributed by atoms with Crippen LogP contribution in [-0.4, -0.2) is 0 Å². The van der Waals surface area contributed by atoms with Gasteiger partial charge >= 0.3 is 0 Å². The van der Waals surface area contributed by atoms with Gasteiger partial charge in [-0.05, 0) is 35.1 Å². The summed E-state index contributed by atoms with van der Waals surface area (Å²) < 4.78 is 0. The maximum atomic E-state index is 2.28. The molecule has 0 aliphatic carbocycles. The Bertz CT molecular complexity index is 586. The lowest BCUT2D eigenvalue weighted by Gasteiger charge is -2.25. The normalized spacial score (nSPS) is 13.5. The minimum Gasteiger partial charge on any atom is -0.0877 e. The Morgan fingerprint density at radius 1 is 0.650 bits per heavy atom. The Labute approximate surface area is 130 Å². The maximum absolute atomic E-state index is 2.28. The highest BCUT2D eigenvalue weighted by atomic mass is 32.2. The standard InChI is InChI=1S/C18H20S2/c1-11(2)13-7-5-9-15-17(13)20-18-14(12(3)4)8-6-10-16(18)19-15/h5-12H,1-4H3. The highest BCUT2D eigenvalue weighted by Gasteiger charge is 2.23. The van der Waals surface area contributed by atoms with Gasteiger partial charge in [0, 0.05) is 19.6 Å². The lowest BCUT2D eigenvalue weighted by atomic mass is 10.0. The van der Waals surface area contributed by atoms with Gasteiger partial charge in [-0.3, -0.25) is 0 Å². The molecule has 20 heavy (non-hydrogen) atoms. The predicted molar refractivity (Wildman–Crippen MR) is 89.3 cm³/mol. The van der Waals surface area contributed by atoms with Gasteiger partial charge < -0.3 is 0 Å². The molecule has 0 unspecified atom stereocenters. The first-order chi connectivity index (χ1) is 9.58. The zero-order valence-corrected chi connectivity index (χ0v) is 14.1. The molecule has 0 aromatic heterocycles. The van der Waals surface area contributed by atoms with Gasteiger partial charge in [-0.2, -0.15) is 0 Å². The van der Waals surface area contributed by atoms with E-state index < -0.39 is 0 Å². The molecule has 104 valence electrons. The minimum absolute atomic E-state index is 0.575. The van der Waals surface area contributed by atoms with Crippen molar-refractivity contribution in [3.63, 3.8) is 0 Å². The number of benzene rings is 2. The summed E-state index contributed by atoms with van der Waals surface area (Å²) in [5.74, 6) is 1.15. The molecule has 0 saturated carbocycles. The first-order valence-corrected chi connectivity index (χ1v) is 8.82. The average Bonchev–Trinajstić information content (AvgIpc) is 2.43. The van der Waals surface area contributed by atoms with Crippen LogP contribution in [0.2, 0.25) is 0 Å². The van der Waals surface area contributed by atoms with Crippen molar-refractivity contribution in [2.75, 3.05) is 0 Å². The van der Waals surface area contributed by atoms with Gasteiger partial charge in [0.05, 0.1) is 0 Å². The van der Waals surface area contributed by atoms with E-state index in [2.05, 4.69) is 64.1 Å². The molecule has 2 aromatic carbocycles. The molecular formula is C18H20S2. The van der Waals surface area contributed by atoms with E-state index in [1.165, 1.54) is 30.7 Å². The molecule has 0 atom stereocenters. The molecule has 1 heterocycles. The van der Waals surface area contributed by atoms with Crippen LogP contribution in [0.5, 0.6) is 0 Å². The van der Waals surface area contributed by atoms with E-state index in [9.17, 15) is 0 Å². The van der Waals surface area contributed by atoms with E-state index >= 15 is 0 Å². The largest absolute Gasteiger partial charge is 0.0877 e. The maximum Gasteiger partial charge on any atom is 0.0297 e. The zero-order chi connectivity index (χ0) is 14.3. The molecule has 0 nitrogen and oxygen atoms in total. The molecule has 0 amide bonds. The third kappa shape index (κ3) is 2.40. The summed E-state index contributed by atoms with van der Waals surface area (Å²) in [4.78, 5) is 5.76. The predicted octanol–water partition coefficient (Wildman–Crippen LogP) is 6.55. The summed E-state index contributed by atoms with van der Waals surface area (Å²) >= 11 is 3.90. The fourth-order valence-electron chi connectivity index (χ4n) is 2.57. The Balaban J connectivity index is 2.13. The van der Waals surface area contributed by atoms with Crippen molar-refractivity contribution >= 4 is 23.5 Å². The first-order valence-electron chi connectivity index (χ1n) is 7.19. The molecule has 0 spiro atoms. The van der Waals surface area contributed by atoms with Gasteiger partial charge in [0.1, 0.15) is 0 Å². The van der Waals surface area contributed by atoms with E-state index in [1.807, 2.05) is 23.5 Å². The molecule has 0 fully saturated rings. The van der Waals surface area contributed by atoms with Gasteiger partial charge in [-0.1, -0.05) is 75.5 Å². The number of hydrogen-bond donors (Lipinski definition) is 0. The van der Waals surface area contributed by atoms with Gasteiger partial charge in [0.15, 0.2) is 0 Å². The summed E-state index contributed by atoms with van der Waals surface area (Å²) in [6, 6.07) is 13.5. The van der Waals surface area contributed by atoms with Crippen molar-refractivity contribution in [1.82, 2.24) is 0 Å². The van der Waals surface area contributed by atoms with Crippen molar-refractivity contribution in [1.29, 1.82) is 0 Å². The smallest absolute Gasteiger partial charge is 0.0297 e. The van der Waals surface area contributed by atoms with Crippen molar-refractivity contribution in [2.24, 2.45) is 0 Å². The average molecular weight is 300 g/mol. The number of rotatable bonds is 2. The molecule has 1 aliphatic rings. The second kappa shape index (κ2) is 5.50. The fraction of sp³-hybridized carbons (Fsp3) is 0.333. The van der Waals surface area contributed by atoms with Crippen LogP contribution < -0.4 is 0 Å². The fourth-order valence-corrected chi connectivity index (χ4v) is 5.41. The molecule has 0 saturated heterocycles. The van der Waals surface area contributed by atoms with Crippen molar-refractivity contribution in [2.45, 2.75) is 59.1 Å². The molecule has 0 radical (unpaired) electrons. The van der Waals surface area contributed by atoms with Crippen LogP contribution in [0.15, 0.2) is 56.0 Å². The number of hydrogen-bond acceptors (Lipinski definition) is 2. The monoisotopic (exact) mass is 300 g/mol. The first kappa shape index (κ1) is 14.1. The lowest BCUT2D eigenvalue weighted by molar-refractivity contribution is 0.816. The highest BCUT2D eigenvalue weighted by Crippen LogP contribution is 2.52. The van der Waals surface area contributed by atoms with Gasteiger partial charge in [-0.25, -0.2) is 0 Å². The molecular weight excluding hydrogens is 280 g/mol. The molecule has 2 heteroatoms. The van der Waals surface area contributed by atoms with E-state index in [0.717, 1.165) is 0 Å². The third-order valence-electron chi connectivity index (χ3n) is 3.69. The second-order valence-corrected chi connectivity index (χ2v) is 7.97. The van der Waals surface area contributed by atoms with Crippen molar-refractivity contribution in [3.8, 4) is 0 Å². The molecule has 1 aliphatic heterocycles. The third-order valence-corrected chi connectivity index (χ3v) is 6.38. The Kier molecular flexibility index (Phi) is 3.87. The molecule has 0 bridgehead atoms. The van der Waals surface area contributed by atoms with E-state index in [0.29, 0.717) is 11.8 Å². The lowest BCUT2D eigenvalue weighted by Crippen LogP contribution is -2.00. The second-order valence-electron chi connectivity index (χ2n) is 5.86. The van der Waals surface area contributed by atoms with Crippen LogP contribution >= 0.6 is 23.5 Å². The summed E-state index contributed by atoms with van der Waals surface area (Å²) in [6.07, 6.45) is 0. The van der Waals surface area contributed by atoms with Crippen LogP contribution in [0.1, 0.15) is 50.7 Å². The number of fused-ring (bicyclic) bond motifs is 2. The van der Waals surface area contributed by atoms with Crippen molar-refractivity contribution in [3.05, 3.63) is 47.5 Å². The molecule has 0 N–H and O–H groups in total. The Morgan fingerprint density at radius 3 is 1.50 bits per heavy atom. The SMILES string of the molecule is CC(C)c1cccc2c1Sc1c(cccc1C(C)C)S2. The Morgan fingerprint density at radius 2 is 1.10 bits per heavy atom. The van der Waals surface area contributed by atoms with Crippen LogP contribution in [-0.2, 0) is 0 Å². The van der Waals surface area contributed by atoms with Crippen LogP contribution in [0, 0.1) is 0 Å². The Hall–Kier alpha value is -0.860. The van der Waals surface area contributed by atoms with Gasteiger partial charge in [0.2, 0.25) is 0 Å². The van der Waals surface area contributed by atoms with Gasteiger partial charge in [-0.15, -0.1) is 0 Å². The summed E-state index contributed by atoms with van der Waals surface area (Å²) in [7, 11) is 0. The van der Waals surface area contributed by atoms with Gasteiger partial charge in [0.25, 0.3) is 0 Å². The molecule has 2 aromatic rings.